The molecule has 2 aliphatic heterocycles. The molecule has 258 valence electrons. The van der Waals surface area contributed by atoms with Gasteiger partial charge in [-0.3, -0.25) is 24.5 Å². The number of hydrazine groups is 1. The van der Waals surface area contributed by atoms with Crippen LogP contribution in [0.3, 0.4) is 0 Å². The van der Waals surface area contributed by atoms with Gasteiger partial charge >= 0.3 is 12.2 Å². The first-order valence-electron chi connectivity index (χ1n) is 16.0. The highest BCUT2D eigenvalue weighted by Crippen LogP contribution is 2.33. The maximum Gasteiger partial charge on any atom is 0.429 e. The lowest BCUT2D eigenvalue weighted by Gasteiger charge is -2.35. The topological polar surface area (TPSA) is 155 Å². The zero-order valence-electron chi connectivity index (χ0n) is 28.7. The van der Waals surface area contributed by atoms with Crippen LogP contribution in [0.25, 0.3) is 0 Å². The molecule has 0 spiro atoms. The van der Waals surface area contributed by atoms with Crippen molar-refractivity contribution < 1.29 is 38.2 Å². The van der Waals surface area contributed by atoms with Crippen molar-refractivity contribution in [2.75, 3.05) is 18.4 Å². The number of ether oxygens (including phenoxy) is 2. The summed E-state index contributed by atoms with van der Waals surface area (Å²) in [6.45, 7) is 13.6. The fourth-order valence-electron chi connectivity index (χ4n) is 5.60. The van der Waals surface area contributed by atoms with Gasteiger partial charge in [-0.2, -0.15) is 0 Å². The number of amides is 5. The lowest BCUT2D eigenvalue weighted by molar-refractivity contribution is -0.152. The molecule has 0 aromatic heterocycles. The molecule has 2 saturated heterocycles. The van der Waals surface area contributed by atoms with Gasteiger partial charge in [-0.15, -0.1) is 0 Å². The number of nitrogens with zero attached hydrogens (tertiary/aromatic N) is 3. The molecule has 0 aliphatic carbocycles. The Morgan fingerprint density at radius 3 is 2.02 bits per heavy atom. The summed E-state index contributed by atoms with van der Waals surface area (Å²) >= 11 is 0. The molecule has 13 heteroatoms. The van der Waals surface area contributed by atoms with Crippen LogP contribution in [-0.4, -0.2) is 93.0 Å². The molecule has 0 bridgehead atoms. The van der Waals surface area contributed by atoms with Gasteiger partial charge < -0.3 is 19.7 Å². The second kappa shape index (κ2) is 14.0. The van der Waals surface area contributed by atoms with Crippen LogP contribution in [0.1, 0.15) is 82.5 Å². The largest absolute Gasteiger partial charge is 0.444 e. The minimum atomic E-state index is -1.15. The summed E-state index contributed by atoms with van der Waals surface area (Å²) in [4.78, 5) is 81.9. The molecule has 0 radical (unpaired) electrons. The normalized spacial score (nSPS) is 18.4. The van der Waals surface area contributed by atoms with Crippen LogP contribution in [0.4, 0.5) is 15.3 Å². The number of anilines is 1. The van der Waals surface area contributed by atoms with Gasteiger partial charge in [-0.05, 0) is 90.3 Å². The van der Waals surface area contributed by atoms with Gasteiger partial charge in [-0.25, -0.2) is 19.6 Å². The molecule has 2 aromatic rings. The van der Waals surface area contributed by atoms with E-state index in [1.54, 1.807) is 71.9 Å². The first-order valence-corrected chi connectivity index (χ1v) is 16.0. The van der Waals surface area contributed by atoms with Crippen LogP contribution < -0.4 is 10.6 Å². The van der Waals surface area contributed by atoms with Gasteiger partial charge in [0.2, 0.25) is 0 Å². The Balaban J connectivity index is 1.60. The molecule has 2 aliphatic rings. The summed E-state index contributed by atoms with van der Waals surface area (Å²) in [6.07, 6.45) is -1.31. The number of rotatable bonds is 7. The third-order valence-corrected chi connectivity index (χ3v) is 7.52. The predicted molar refractivity (Wildman–Crippen MR) is 177 cm³/mol. The lowest BCUT2D eigenvalue weighted by Crippen LogP contribution is -2.58. The number of carbonyl (C=O) groups is 6. The number of fused-ring (bicyclic) bond motifs is 1. The monoisotopic (exact) mass is 663 g/mol. The zero-order chi connectivity index (χ0) is 35.6. The van der Waals surface area contributed by atoms with Crippen LogP contribution in [0.2, 0.25) is 0 Å². The van der Waals surface area contributed by atoms with E-state index < -0.39 is 65.0 Å². The number of likely N-dealkylation sites (tertiary alicyclic amines) is 1. The van der Waals surface area contributed by atoms with Gasteiger partial charge in [0.25, 0.3) is 17.7 Å². The molecule has 5 amide bonds. The van der Waals surface area contributed by atoms with E-state index in [-0.39, 0.29) is 31.0 Å². The SMILES string of the molecule is CC(C)C[C@H](NC(=O)c1ccc(NC(=O)OC(C)(C)C)cc1)C(=O)N1C2C(=O)CN(C(=O)c3ccccc3)C2CN1C(=O)OC(C)(C)C. The van der Waals surface area contributed by atoms with Crippen molar-refractivity contribution in [2.45, 2.75) is 91.1 Å². The Bertz CT molecular complexity index is 1550. The summed E-state index contributed by atoms with van der Waals surface area (Å²) in [5.74, 6) is -2.13. The molecule has 2 fully saturated rings. The molecule has 0 saturated carbocycles. The highest BCUT2D eigenvalue weighted by atomic mass is 16.6. The second-order valence-corrected chi connectivity index (χ2v) is 14.4. The lowest BCUT2D eigenvalue weighted by atomic mass is 10.0. The van der Waals surface area contributed by atoms with Crippen LogP contribution in [0.15, 0.2) is 54.6 Å². The summed E-state index contributed by atoms with van der Waals surface area (Å²) in [6, 6.07) is 11.4. The summed E-state index contributed by atoms with van der Waals surface area (Å²) in [5, 5.41) is 7.53. The number of benzene rings is 2. The van der Waals surface area contributed by atoms with Crippen molar-refractivity contribution in [1.82, 2.24) is 20.2 Å². The summed E-state index contributed by atoms with van der Waals surface area (Å²) in [5.41, 5.74) is -0.609. The summed E-state index contributed by atoms with van der Waals surface area (Å²) < 4.78 is 10.9. The molecule has 2 heterocycles. The Morgan fingerprint density at radius 2 is 1.46 bits per heavy atom. The maximum absolute atomic E-state index is 14.4. The number of hydrogen-bond donors (Lipinski definition) is 2. The van der Waals surface area contributed by atoms with Crippen molar-refractivity contribution in [3.05, 3.63) is 65.7 Å². The van der Waals surface area contributed by atoms with Crippen LogP contribution in [0, 0.1) is 5.92 Å². The van der Waals surface area contributed by atoms with E-state index in [2.05, 4.69) is 10.6 Å². The smallest absolute Gasteiger partial charge is 0.429 e. The molecule has 3 atom stereocenters. The number of carbonyl (C=O) groups excluding carboxylic acids is 6. The van der Waals surface area contributed by atoms with Crippen LogP contribution in [-0.2, 0) is 19.1 Å². The van der Waals surface area contributed by atoms with Crippen LogP contribution in [0.5, 0.6) is 0 Å². The quantitative estimate of drug-likeness (QED) is 0.435. The van der Waals surface area contributed by atoms with Gasteiger partial charge in [0, 0.05) is 16.8 Å². The van der Waals surface area contributed by atoms with E-state index >= 15 is 0 Å². The van der Waals surface area contributed by atoms with Gasteiger partial charge in [0.1, 0.15) is 23.3 Å². The molecule has 48 heavy (non-hydrogen) atoms. The third-order valence-electron chi connectivity index (χ3n) is 7.52. The highest BCUT2D eigenvalue weighted by molar-refractivity contribution is 6.04. The van der Waals surface area contributed by atoms with E-state index in [4.69, 9.17) is 9.47 Å². The maximum atomic E-state index is 14.4. The fourth-order valence-corrected chi connectivity index (χ4v) is 5.60. The Morgan fingerprint density at radius 1 is 0.854 bits per heavy atom. The average Bonchev–Trinajstić information content (AvgIpc) is 3.52. The van der Waals surface area contributed by atoms with E-state index in [0.717, 1.165) is 10.0 Å². The average molecular weight is 664 g/mol. The molecule has 13 nitrogen and oxygen atoms in total. The highest BCUT2D eigenvalue weighted by Gasteiger charge is 2.58. The van der Waals surface area contributed by atoms with Crippen molar-refractivity contribution in [3.63, 3.8) is 0 Å². The van der Waals surface area contributed by atoms with Gasteiger partial charge in [0.15, 0.2) is 5.78 Å². The molecular formula is C35H45N5O8. The number of ketones is 1. The minimum Gasteiger partial charge on any atom is -0.444 e. The summed E-state index contributed by atoms with van der Waals surface area (Å²) in [7, 11) is 0. The molecule has 2 N–H and O–H groups in total. The van der Waals surface area contributed by atoms with Gasteiger partial charge in [-0.1, -0.05) is 32.0 Å². The predicted octanol–water partition coefficient (Wildman–Crippen LogP) is 4.63. The van der Waals surface area contributed by atoms with E-state index in [1.165, 1.54) is 29.2 Å². The Kier molecular flexibility index (Phi) is 10.5. The fraction of sp³-hybridized carbons (Fsp3) is 0.486. The molecule has 4 rings (SSSR count). The minimum absolute atomic E-state index is 0.0662. The number of hydrogen-bond acceptors (Lipinski definition) is 8. The third kappa shape index (κ3) is 8.69. The van der Waals surface area contributed by atoms with E-state index in [1.807, 2.05) is 13.8 Å². The molecule has 2 aromatic carbocycles. The Hall–Kier alpha value is -4.94. The van der Waals surface area contributed by atoms with Crippen molar-refractivity contribution in [1.29, 1.82) is 0 Å². The first-order chi connectivity index (χ1) is 22.3. The van der Waals surface area contributed by atoms with Crippen molar-refractivity contribution in [2.24, 2.45) is 5.92 Å². The zero-order valence-corrected chi connectivity index (χ0v) is 28.7. The molecular weight excluding hydrogens is 618 g/mol. The Labute approximate surface area is 280 Å². The first kappa shape index (κ1) is 35.9. The van der Waals surface area contributed by atoms with E-state index in [0.29, 0.717) is 11.3 Å². The standard InChI is InChI=1S/C35H45N5O8/c1-21(2)18-25(37-29(42)22-14-16-24(17-15-22)36-32(45)47-34(3,4)5)31(44)40-28-26(19-39(40)33(46)48-35(6,7)8)38(20-27(28)41)30(43)23-12-10-9-11-13-23/h9-17,21,25-26,28H,18-20H2,1-8H3,(H,36,45)(H,37,42)/t25-,26?,28?/m0/s1. The second-order valence-electron chi connectivity index (χ2n) is 14.4. The van der Waals surface area contributed by atoms with E-state index in [9.17, 15) is 28.8 Å². The number of Topliss-reactive ketones (excluding diaryl/α,β-unsaturated/α-hetero) is 1. The van der Waals surface area contributed by atoms with Crippen molar-refractivity contribution >= 4 is 41.4 Å². The van der Waals surface area contributed by atoms with Crippen molar-refractivity contribution in [3.8, 4) is 0 Å². The number of nitrogens with one attached hydrogen (secondary N) is 2. The van der Waals surface area contributed by atoms with Crippen LogP contribution >= 0.6 is 0 Å². The van der Waals surface area contributed by atoms with Gasteiger partial charge in [0.05, 0.1) is 19.1 Å². The molecule has 2 unspecified atom stereocenters.